The van der Waals surface area contributed by atoms with Gasteiger partial charge in [0.15, 0.2) is 0 Å². The van der Waals surface area contributed by atoms with Crippen molar-refractivity contribution in [3.63, 3.8) is 0 Å². The number of anilines is 1. The molecule has 1 heterocycles. The van der Waals surface area contributed by atoms with Gasteiger partial charge in [-0.1, -0.05) is 12.1 Å². The third-order valence-electron chi connectivity index (χ3n) is 3.42. The van der Waals surface area contributed by atoms with Gasteiger partial charge in [0.2, 0.25) is 0 Å². The smallest absolute Gasteiger partial charge is 0.286 e. The summed E-state index contributed by atoms with van der Waals surface area (Å²) in [7, 11) is 3.55. The second-order valence-corrected chi connectivity index (χ2v) is 5.03. The quantitative estimate of drug-likeness (QED) is 0.910. The highest BCUT2D eigenvalue weighted by atomic mass is 19.3. The van der Waals surface area contributed by atoms with Crippen LogP contribution in [0.25, 0.3) is 0 Å². The van der Waals surface area contributed by atoms with Gasteiger partial charge in [0, 0.05) is 19.3 Å². The third-order valence-corrected chi connectivity index (χ3v) is 3.42. The lowest BCUT2D eigenvalue weighted by Gasteiger charge is -2.36. The maximum Gasteiger partial charge on any atom is 0.286 e. The molecule has 0 aliphatic carbocycles. The normalized spacial score (nSPS) is 23.3. The van der Waals surface area contributed by atoms with Crippen LogP contribution in [0, 0.1) is 0 Å². The molecule has 0 saturated carbocycles. The molecule has 1 aliphatic heterocycles. The Hall–Kier alpha value is -1.20. The largest absolute Gasteiger partial charge is 0.388 e. The summed E-state index contributed by atoms with van der Waals surface area (Å²) in [5, 5.41) is 3.01. The van der Waals surface area contributed by atoms with Gasteiger partial charge in [-0.3, -0.25) is 0 Å². The highest BCUT2D eigenvalue weighted by molar-refractivity contribution is 5.43. The molecule has 1 aromatic rings. The summed E-state index contributed by atoms with van der Waals surface area (Å²) < 4.78 is 32.9. The molecule has 1 aromatic carbocycles. The predicted octanol–water partition coefficient (Wildman–Crippen LogP) is 2.58. The second kappa shape index (κ2) is 5.84. The first kappa shape index (κ1) is 14.2. The summed E-state index contributed by atoms with van der Waals surface area (Å²) in [6.45, 7) is 0.656. The SMILES string of the molecule is CNc1ccc(COC2CCN(C)CC2(F)F)cc1. The van der Waals surface area contributed by atoms with Gasteiger partial charge in [0.25, 0.3) is 5.92 Å². The van der Waals surface area contributed by atoms with E-state index in [1.807, 2.05) is 31.3 Å². The number of hydrogen-bond donors (Lipinski definition) is 1. The number of hydrogen-bond acceptors (Lipinski definition) is 3. The summed E-state index contributed by atoms with van der Waals surface area (Å²) in [5.74, 6) is -2.77. The summed E-state index contributed by atoms with van der Waals surface area (Å²) in [5.41, 5.74) is 1.90. The van der Waals surface area contributed by atoms with E-state index in [1.54, 1.807) is 11.9 Å². The molecule has 1 N–H and O–H groups in total. The average Bonchev–Trinajstić information content (AvgIpc) is 2.37. The van der Waals surface area contributed by atoms with E-state index in [1.165, 1.54) is 0 Å². The molecule has 3 nitrogen and oxygen atoms in total. The van der Waals surface area contributed by atoms with Crippen molar-refractivity contribution in [1.82, 2.24) is 4.90 Å². The topological polar surface area (TPSA) is 24.5 Å². The highest BCUT2D eigenvalue weighted by Crippen LogP contribution is 2.29. The summed E-state index contributed by atoms with van der Waals surface area (Å²) >= 11 is 0. The molecule has 19 heavy (non-hydrogen) atoms. The van der Waals surface area contributed by atoms with Crippen LogP contribution in [0.15, 0.2) is 24.3 Å². The fourth-order valence-electron chi connectivity index (χ4n) is 2.26. The van der Waals surface area contributed by atoms with Crippen LogP contribution in [0.1, 0.15) is 12.0 Å². The Morgan fingerprint density at radius 2 is 2.05 bits per heavy atom. The van der Waals surface area contributed by atoms with Crippen molar-refractivity contribution in [2.24, 2.45) is 0 Å². The monoisotopic (exact) mass is 270 g/mol. The van der Waals surface area contributed by atoms with Crippen LogP contribution < -0.4 is 5.32 Å². The number of likely N-dealkylation sites (tertiary alicyclic amines) is 1. The van der Waals surface area contributed by atoms with E-state index in [0.717, 1.165) is 11.3 Å². The summed E-state index contributed by atoms with van der Waals surface area (Å²) in [4.78, 5) is 1.64. The number of nitrogens with one attached hydrogen (secondary N) is 1. The Morgan fingerprint density at radius 3 is 2.63 bits per heavy atom. The van der Waals surface area contributed by atoms with Crippen LogP contribution in [0.4, 0.5) is 14.5 Å². The first-order valence-electron chi connectivity index (χ1n) is 6.46. The fourth-order valence-corrected chi connectivity index (χ4v) is 2.26. The number of ether oxygens (including phenoxy) is 1. The van der Waals surface area contributed by atoms with E-state index >= 15 is 0 Å². The van der Waals surface area contributed by atoms with E-state index in [-0.39, 0.29) is 13.2 Å². The van der Waals surface area contributed by atoms with Crippen molar-refractivity contribution in [2.45, 2.75) is 25.1 Å². The highest BCUT2D eigenvalue weighted by Gasteiger charge is 2.44. The molecule has 0 spiro atoms. The van der Waals surface area contributed by atoms with Gasteiger partial charge in [0.1, 0.15) is 6.10 Å². The molecule has 0 bridgehead atoms. The Bertz CT molecular complexity index is 408. The molecule has 2 rings (SSSR count). The van der Waals surface area contributed by atoms with Crippen LogP contribution in [-0.2, 0) is 11.3 Å². The molecule has 5 heteroatoms. The predicted molar refractivity (Wildman–Crippen MR) is 71.6 cm³/mol. The molecule has 1 fully saturated rings. The number of halogens is 2. The van der Waals surface area contributed by atoms with E-state index in [2.05, 4.69) is 5.32 Å². The molecule has 106 valence electrons. The Balaban J connectivity index is 1.90. The number of piperidine rings is 1. The number of benzene rings is 1. The zero-order chi connectivity index (χ0) is 13.9. The van der Waals surface area contributed by atoms with Crippen molar-refractivity contribution in [3.05, 3.63) is 29.8 Å². The second-order valence-electron chi connectivity index (χ2n) is 5.03. The Labute approximate surface area is 112 Å². The average molecular weight is 270 g/mol. The molecule has 0 aromatic heterocycles. The van der Waals surface area contributed by atoms with Gasteiger partial charge in [-0.2, -0.15) is 0 Å². The zero-order valence-corrected chi connectivity index (χ0v) is 11.3. The molecule has 1 unspecified atom stereocenters. The minimum atomic E-state index is -2.77. The molecule has 0 radical (unpaired) electrons. The lowest BCUT2D eigenvalue weighted by Crippen LogP contribution is -2.51. The van der Waals surface area contributed by atoms with Crippen LogP contribution in [0.3, 0.4) is 0 Å². The van der Waals surface area contributed by atoms with E-state index in [0.29, 0.717) is 13.0 Å². The van der Waals surface area contributed by atoms with E-state index in [4.69, 9.17) is 4.74 Å². The van der Waals surface area contributed by atoms with Crippen molar-refractivity contribution < 1.29 is 13.5 Å². The van der Waals surface area contributed by atoms with E-state index < -0.39 is 12.0 Å². The molecule has 1 saturated heterocycles. The number of nitrogens with zero attached hydrogens (tertiary/aromatic N) is 1. The van der Waals surface area contributed by atoms with Crippen LogP contribution in [0.2, 0.25) is 0 Å². The molecule has 1 atom stereocenters. The van der Waals surface area contributed by atoms with Crippen molar-refractivity contribution >= 4 is 5.69 Å². The molecular weight excluding hydrogens is 250 g/mol. The molecular formula is C14H20F2N2O. The lowest BCUT2D eigenvalue weighted by molar-refractivity contribution is -0.174. The number of alkyl halides is 2. The fraction of sp³-hybridized carbons (Fsp3) is 0.571. The first-order valence-corrected chi connectivity index (χ1v) is 6.46. The van der Waals surface area contributed by atoms with Crippen LogP contribution in [0.5, 0.6) is 0 Å². The van der Waals surface area contributed by atoms with Crippen LogP contribution in [-0.4, -0.2) is 44.1 Å². The Morgan fingerprint density at radius 1 is 1.37 bits per heavy atom. The number of rotatable bonds is 4. The third kappa shape index (κ3) is 3.64. The maximum atomic E-state index is 13.8. The zero-order valence-electron chi connectivity index (χ0n) is 11.3. The summed E-state index contributed by atoms with van der Waals surface area (Å²) in [6.07, 6.45) is -0.606. The van der Waals surface area contributed by atoms with Gasteiger partial charge in [0.05, 0.1) is 13.2 Å². The molecule has 1 aliphatic rings. The minimum Gasteiger partial charge on any atom is -0.388 e. The van der Waals surface area contributed by atoms with Gasteiger partial charge < -0.3 is 15.0 Å². The standard InChI is InChI=1S/C14H20F2N2O/c1-17-12-5-3-11(4-6-12)9-19-13-7-8-18(2)10-14(13,15)16/h3-6,13,17H,7-10H2,1-2H3. The van der Waals surface area contributed by atoms with Crippen molar-refractivity contribution in [1.29, 1.82) is 0 Å². The van der Waals surface area contributed by atoms with Crippen molar-refractivity contribution in [3.8, 4) is 0 Å². The van der Waals surface area contributed by atoms with Gasteiger partial charge in [-0.15, -0.1) is 0 Å². The molecule has 0 amide bonds. The van der Waals surface area contributed by atoms with Crippen LogP contribution >= 0.6 is 0 Å². The first-order chi connectivity index (χ1) is 9.01. The van der Waals surface area contributed by atoms with Gasteiger partial charge >= 0.3 is 0 Å². The minimum absolute atomic E-state index is 0.226. The maximum absolute atomic E-state index is 13.8. The van der Waals surface area contributed by atoms with E-state index in [9.17, 15) is 8.78 Å². The summed E-state index contributed by atoms with van der Waals surface area (Å²) in [6, 6.07) is 7.59. The lowest BCUT2D eigenvalue weighted by atomic mass is 10.0. The van der Waals surface area contributed by atoms with Crippen molar-refractivity contribution in [2.75, 3.05) is 32.5 Å². The van der Waals surface area contributed by atoms with Gasteiger partial charge in [-0.25, -0.2) is 8.78 Å². The van der Waals surface area contributed by atoms with Gasteiger partial charge in [-0.05, 0) is 31.2 Å². The Kier molecular flexibility index (Phi) is 4.37.